The fraction of sp³-hybridized carbons (Fsp3) is 0.417. The van der Waals surface area contributed by atoms with Crippen molar-refractivity contribution >= 4 is 23.7 Å². The summed E-state index contributed by atoms with van der Waals surface area (Å²) in [5, 5.41) is 0.0114. The van der Waals surface area contributed by atoms with Gasteiger partial charge in [0.05, 0.1) is 5.25 Å². The van der Waals surface area contributed by atoms with Gasteiger partial charge in [-0.15, -0.1) is 0 Å². The molecule has 1 heterocycles. The van der Waals surface area contributed by atoms with Crippen molar-refractivity contribution in [1.82, 2.24) is 4.98 Å². The molecule has 2 rings (SSSR count). The lowest BCUT2D eigenvalue weighted by Gasteiger charge is -2.02. The lowest BCUT2D eigenvalue weighted by molar-refractivity contribution is 0.508. The Balaban J connectivity index is 2.20. The molecule has 1 unspecified atom stereocenters. The molecule has 2 aromatic rings. The van der Waals surface area contributed by atoms with Crippen LogP contribution in [0.25, 0.3) is 11.1 Å². The highest BCUT2D eigenvalue weighted by Crippen LogP contribution is 2.27. The van der Waals surface area contributed by atoms with Crippen molar-refractivity contribution in [2.75, 3.05) is 0 Å². The zero-order valence-corrected chi connectivity index (χ0v) is 9.59. The Morgan fingerprint density at radius 1 is 1.40 bits per heavy atom. The van der Waals surface area contributed by atoms with Crippen molar-refractivity contribution in [2.24, 2.45) is 0 Å². The van der Waals surface area contributed by atoms with Gasteiger partial charge < -0.3 is 4.42 Å². The van der Waals surface area contributed by atoms with E-state index >= 15 is 0 Å². The number of hydrogen-bond donors (Lipinski definition) is 0. The summed E-state index contributed by atoms with van der Waals surface area (Å²) in [6.07, 6.45) is 3.26. The van der Waals surface area contributed by atoms with E-state index in [1.54, 1.807) is 0 Å². The molecule has 0 fully saturated rings. The Morgan fingerprint density at radius 2 is 2.20 bits per heavy atom. The van der Waals surface area contributed by atoms with E-state index in [4.69, 9.17) is 17.0 Å². The Bertz CT molecular complexity index is 405. The molecule has 0 aliphatic carbocycles. The minimum atomic E-state index is 0.0114. The van der Waals surface area contributed by atoms with Crippen LogP contribution < -0.4 is 0 Å². The minimum Gasteiger partial charge on any atom is -0.439 e. The maximum atomic E-state index is 5.61. The predicted molar refractivity (Wildman–Crippen MR) is 63.9 cm³/mol. The number of benzene rings is 1. The standard InChI is InChI=1S/C12H14NOS/c1-2-3-8-11(15)12-13-9-6-4-5-7-10(9)14-12/h4-7,11H,2-3,8H2,1H3. The third kappa shape index (κ3) is 2.34. The number of unbranched alkanes of at least 4 members (excludes halogenated alkanes) is 1. The summed E-state index contributed by atoms with van der Waals surface area (Å²) in [5.74, 6) is 0.694. The Morgan fingerprint density at radius 3 is 2.93 bits per heavy atom. The zero-order chi connectivity index (χ0) is 10.7. The van der Waals surface area contributed by atoms with Crippen molar-refractivity contribution in [1.29, 1.82) is 0 Å². The van der Waals surface area contributed by atoms with Gasteiger partial charge in [0.15, 0.2) is 5.58 Å². The highest BCUT2D eigenvalue weighted by atomic mass is 32.1. The summed E-state index contributed by atoms with van der Waals surface area (Å²) in [7, 11) is 0. The number of rotatable bonds is 4. The molecule has 1 aromatic heterocycles. The highest BCUT2D eigenvalue weighted by molar-refractivity contribution is 7.80. The van der Waals surface area contributed by atoms with Crippen LogP contribution in [0.2, 0.25) is 0 Å². The third-order valence-corrected chi connectivity index (χ3v) is 2.84. The molecule has 1 radical (unpaired) electrons. The second-order valence-electron chi connectivity index (χ2n) is 3.65. The SMILES string of the molecule is CCCCC([S])c1nc2ccccc2o1. The van der Waals surface area contributed by atoms with Crippen molar-refractivity contribution in [2.45, 2.75) is 31.4 Å². The van der Waals surface area contributed by atoms with E-state index in [-0.39, 0.29) is 5.25 Å². The van der Waals surface area contributed by atoms with Crippen LogP contribution in [0.4, 0.5) is 0 Å². The molecule has 1 aromatic carbocycles. The van der Waals surface area contributed by atoms with Gasteiger partial charge in [0.1, 0.15) is 5.52 Å². The quantitative estimate of drug-likeness (QED) is 0.769. The average molecular weight is 220 g/mol. The molecule has 0 amide bonds. The Labute approximate surface area is 95.1 Å². The lowest BCUT2D eigenvalue weighted by atomic mass is 10.2. The maximum Gasteiger partial charge on any atom is 0.209 e. The highest BCUT2D eigenvalue weighted by Gasteiger charge is 2.13. The lowest BCUT2D eigenvalue weighted by Crippen LogP contribution is -1.90. The first-order valence-corrected chi connectivity index (χ1v) is 5.79. The molecule has 0 bridgehead atoms. The van der Waals surface area contributed by atoms with Gasteiger partial charge in [-0.1, -0.05) is 44.5 Å². The average Bonchev–Trinajstić information content (AvgIpc) is 2.69. The van der Waals surface area contributed by atoms with E-state index in [2.05, 4.69) is 11.9 Å². The van der Waals surface area contributed by atoms with E-state index in [0.717, 1.165) is 30.4 Å². The topological polar surface area (TPSA) is 26.0 Å². The molecule has 0 saturated carbocycles. The molecule has 0 saturated heterocycles. The van der Waals surface area contributed by atoms with Crippen LogP contribution in [-0.2, 0) is 0 Å². The summed E-state index contributed by atoms with van der Waals surface area (Å²) < 4.78 is 5.61. The molecular formula is C12H14NOS. The monoisotopic (exact) mass is 220 g/mol. The zero-order valence-electron chi connectivity index (χ0n) is 8.77. The van der Waals surface area contributed by atoms with E-state index in [1.807, 2.05) is 24.3 Å². The van der Waals surface area contributed by atoms with E-state index in [9.17, 15) is 0 Å². The van der Waals surface area contributed by atoms with Gasteiger partial charge in [0, 0.05) is 0 Å². The second kappa shape index (κ2) is 4.71. The molecule has 0 aliphatic heterocycles. The van der Waals surface area contributed by atoms with Crippen LogP contribution in [-0.4, -0.2) is 4.98 Å². The van der Waals surface area contributed by atoms with Crippen LogP contribution in [0.3, 0.4) is 0 Å². The van der Waals surface area contributed by atoms with Gasteiger partial charge in [-0.2, -0.15) is 0 Å². The first kappa shape index (κ1) is 10.6. The number of fused-ring (bicyclic) bond motifs is 1. The molecule has 0 spiro atoms. The number of nitrogens with zero attached hydrogens (tertiary/aromatic N) is 1. The molecule has 3 heteroatoms. The van der Waals surface area contributed by atoms with E-state index < -0.39 is 0 Å². The summed E-state index contributed by atoms with van der Waals surface area (Å²) in [4.78, 5) is 4.39. The van der Waals surface area contributed by atoms with Crippen LogP contribution in [0.1, 0.15) is 37.3 Å². The second-order valence-corrected chi connectivity index (χ2v) is 4.22. The first-order chi connectivity index (χ1) is 7.31. The van der Waals surface area contributed by atoms with Crippen molar-refractivity contribution in [3.63, 3.8) is 0 Å². The summed E-state index contributed by atoms with van der Waals surface area (Å²) in [6, 6.07) is 7.78. The largest absolute Gasteiger partial charge is 0.439 e. The molecule has 0 N–H and O–H groups in total. The fourth-order valence-electron chi connectivity index (χ4n) is 1.54. The minimum absolute atomic E-state index is 0.0114. The van der Waals surface area contributed by atoms with Crippen molar-refractivity contribution in [3.05, 3.63) is 30.2 Å². The third-order valence-electron chi connectivity index (χ3n) is 2.41. The van der Waals surface area contributed by atoms with Crippen molar-refractivity contribution in [3.8, 4) is 0 Å². The van der Waals surface area contributed by atoms with Crippen LogP contribution in [0.15, 0.2) is 28.7 Å². The molecule has 2 nitrogen and oxygen atoms in total. The van der Waals surface area contributed by atoms with E-state index in [0.29, 0.717) is 5.89 Å². The summed E-state index contributed by atoms with van der Waals surface area (Å²) in [5.41, 5.74) is 1.73. The van der Waals surface area contributed by atoms with Gasteiger partial charge in [-0.05, 0) is 18.6 Å². The van der Waals surface area contributed by atoms with Gasteiger partial charge in [-0.25, -0.2) is 4.98 Å². The van der Waals surface area contributed by atoms with Crippen LogP contribution in [0.5, 0.6) is 0 Å². The summed E-state index contributed by atoms with van der Waals surface area (Å²) >= 11 is 5.35. The van der Waals surface area contributed by atoms with Crippen LogP contribution in [0, 0.1) is 0 Å². The van der Waals surface area contributed by atoms with Gasteiger partial charge in [0.2, 0.25) is 5.89 Å². The van der Waals surface area contributed by atoms with E-state index in [1.165, 1.54) is 0 Å². The van der Waals surface area contributed by atoms with Gasteiger partial charge in [-0.3, -0.25) is 0 Å². The molecule has 79 valence electrons. The van der Waals surface area contributed by atoms with Crippen LogP contribution >= 0.6 is 12.6 Å². The van der Waals surface area contributed by atoms with Gasteiger partial charge >= 0.3 is 0 Å². The number of para-hydroxylation sites is 2. The molecule has 0 aliphatic rings. The smallest absolute Gasteiger partial charge is 0.209 e. The van der Waals surface area contributed by atoms with Gasteiger partial charge in [0.25, 0.3) is 0 Å². The Hall–Kier alpha value is -0.960. The Kier molecular flexibility index (Phi) is 3.31. The normalized spacial score (nSPS) is 13.2. The molecule has 15 heavy (non-hydrogen) atoms. The summed E-state index contributed by atoms with van der Waals surface area (Å²) in [6.45, 7) is 2.16. The number of aromatic nitrogens is 1. The first-order valence-electron chi connectivity index (χ1n) is 5.32. The maximum absolute atomic E-state index is 5.61. The number of oxazole rings is 1. The molecule has 1 atom stereocenters. The van der Waals surface area contributed by atoms with Crippen molar-refractivity contribution < 1.29 is 4.42 Å². The number of hydrogen-bond acceptors (Lipinski definition) is 2. The predicted octanol–water partition coefficient (Wildman–Crippen LogP) is 4.26. The fourth-order valence-corrected chi connectivity index (χ4v) is 1.81. The molecular weight excluding hydrogens is 206 g/mol.